The molecule has 1 heterocycles. The molecule has 0 bridgehead atoms. The van der Waals surface area contributed by atoms with Crippen molar-refractivity contribution in [3.8, 4) is 0 Å². The van der Waals surface area contributed by atoms with Gasteiger partial charge >= 0.3 is 0 Å². The standard InChI is InChI=1S/C13H22N4O/c1-16(2)13(18)7-8-14-11-5-4-6-12-10(11)9-15-17(12)3/h9,11,14H,4-8H2,1-3H3. The van der Waals surface area contributed by atoms with E-state index in [1.54, 1.807) is 19.0 Å². The summed E-state index contributed by atoms with van der Waals surface area (Å²) < 4.78 is 1.97. The Balaban J connectivity index is 1.90. The van der Waals surface area contributed by atoms with E-state index in [9.17, 15) is 4.79 Å². The number of carbonyl (C=O) groups excluding carboxylic acids is 1. The zero-order valence-electron chi connectivity index (χ0n) is 11.4. The number of nitrogens with one attached hydrogen (secondary N) is 1. The molecule has 1 aliphatic carbocycles. The van der Waals surface area contributed by atoms with Crippen LogP contribution in [0.1, 0.15) is 36.6 Å². The summed E-state index contributed by atoms with van der Waals surface area (Å²) in [5.41, 5.74) is 2.64. The van der Waals surface area contributed by atoms with Crippen LogP contribution in [0.3, 0.4) is 0 Å². The van der Waals surface area contributed by atoms with E-state index in [4.69, 9.17) is 0 Å². The summed E-state index contributed by atoms with van der Waals surface area (Å²) in [6, 6.07) is 0.359. The third kappa shape index (κ3) is 2.72. The van der Waals surface area contributed by atoms with E-state index in [2.05, 4.69) is 10.4 Å². The maximum Gasteiger partial charge on any atom is 0.223 e. The maximum absolute atomic E-state index is 11.5. The molecule has 1 aliphatic rings. The highest BCUT2D eigenvalue weighted by Gasteiger charge is 2.22. The van der Waals surface area contributed by atoms with Crippen LogP contribution in [0.15, 0.2) is 6.20 Å². The van der Waals surface area contributed by atoms with Crippen LogP contribution in [0.2, 0.25) is 0 Å². The van der Waals surface area contributed by atoms with Gasteiger partial charge < -0.3 is 10.2 Å². The van der Waals surface area contributed by atoms with Crippen LogP contribution >= 0.6 is 0 Å². The molecule has 1 aromatic rings. The Kier molecular flexibility index (Phi) is 4.01. The second kappa shape index (κ2) is 5.52. The SMILES string of the molecule is CN(C)C(=O)CCNC1CCCc2c1cnn2C. The van der Waals surface area contributed by atoms with Crippen LogP contribution in [0, 0.1) is 0 Å². The van der Waals surface area contributed by atoms with Gasteiger partial charge in [0.1, 0.15) is 0 Å². The molecule has 1 N–H and O–H groups in total. The number of fused-ring (bicyclic) bond motifs is 1. The summed E-state index contributed by atoms with van der Waals surface area (Å²) in [5.74, 6) is 0.171. The molecule has 2 rings (SSSR count). The summed E-state index contributed by atoms with van der Waals surface area (Å²) in [4.78, 5) is 13.1. The maximum atomic E-state index is 11.5. The number of carbonyl (C=O) groups is 1. The minimum Gasteiger partial charge on any atom is -0.349 e. The largest absolute Gasteiger partial charge is 0.349 e. The number of hydrogen-bond acceptors (Lipinski definition) is 3. The van der Waals surface area contributed by atoms with Crippen molar-refractivity contribution in [3.05, 3.63) is 17.5 Å². The topological polar surface area (TPSA) is 50.2 Å². The Morgan fingerprint density at radius 2 is 2.39 bits per heavy atom. The molecule has 0 fully saturated rings. The van der Waals surface area contributed by atoms with Crippen LogP contribution in [0.4, 0.5) is 0 Å². The Morgan fingerprint density at radius 1 is 1.61 bits per heavy atom. The van der Waals surface area contributed by atoms with Crippen LogP contribution in [0.25, 0.3) is 0 Å². The van der Waals surface area contributed by atoms with Gasteiger partial charge in [-0.2, -0.15) is 5.10 Å². The van der Waals surface area contributed by atoms with Gasteiger partial charge in [-0.3, -0.25) is 9.48 Å². The lowest BCUT2D eigenvalue weighted by molar-refractivity contribution is -0.128. The summed E-state index contributed by atoms with van der Waals surface area (Å²) in [6.45, 7) is 0.732. The molecule has 18 heavy (non-hydrogen) atoms. The van der Waals surface area contributed by atoms with E-state index < -0.39 is 0 Å². The van der Waals surface area contributed by atoms with Crippen LogP contribution in [0.5, 0.6) is 0 Å². The molecule has 0 spiro atoms. The molecule has 0 saturated carbocycles. The molecule has 0 saturated heterocycles. The third-order valence-electron chi connectivity index (χ3n) is 3.60. The highest BCUT2D eigenvalue weighted by Crippen LogP contribution is 2.28. The first-order valence-electron chi connectivity index (χ1n) is 6.54. The Bertz CT molecular complexity index is 425. The highest BCUT2D eigenvalue weighted by atomic mass is 16.2. The van der Waals surface area contributed by atoms with Crippen LogP contribution in [-0.2, 0) is 18.3 Å². The van der Waals surface area contributed by atoms with E-state index in [0.29, 0.717) is 12.5 Å². The van der Waals surface area contributed by atoms with Crippen molar-refractivity contribution in [1.82, 2.24) is 20.0 Å². The minimum atomic E-state index is 0.171. The van der Waals surface area contributed by atoms with Crippen molar-refractivity contribution < 1.29 is 4.79 Å². The van der Waals surface area contributed by atoms with Crippen LogP contribution < -0.4 is 5.32 Å². The number of aromatic nitrogens is 2. The number of nitrogens with zero attached hydrogens (tertiary/aromatic N) is 3. The van der Waals surface area contributed by atoms with E-state index in [1.165, 1.54) is 17.7 Å². The van der Waals surface area contributed by atoms with Crippen molar-refractivity contribution in [2.24, 2.45) is 7.05 Å². The Morgan fingerprint density at radius 3 is 3.11 bits per heavy atom. The summed E-state index contributed by atoms with van der Waals surface area (Å²) in [6.07, 6.45) is 5.94. The van der Waals surface area contributed by atoms with Crippen molar-refractivity contribution >= 4 is 5.91 Å². The van der Waals surface area contributed by atoms with Crippen LogP contribution in [-0.4, -0.2) is 41.2 Å². The first-order chi connectivity index (χ1) is 8.59. The predicted molar refractivity (Wildman–Crippen MR) is 70.2 cm³/mol. The molecule has 0 aromatic carbocycles. The van der Waals surface area contributed by atoms with E-state index in [0.717, 1.165) is 19.4 Å². The molecule has 1 atom stereocenters. The summed E-state index contributed by atoms with van der Waals surface area (Å²) in [5, 5.41) is 7.80. The average Bonchev–Trinajstić information content (AvgIpc) is 2.72. The Labute approximate surface area is 108 Å². The third-order valence-corrected chi connectivity index (χ3v) is 3.60. The molecule has 1 unspecified atom stereocenters. The van der Waals surface area contributed by atoms with Gasteiger partial charge in [-0.15, -0.1) is 0 Å². The smallest absolute Gasteiger partial charge is 0.223 e. The van der Waals surface area contributed by atoms with Gasteiger partial charge in [-0.05, 0) is 19.3 Å². The van der Waals surface area contributed by atoms with Crippen molar-refractivity contribution in [3.63, 3.8) is 0 Å². The zero-order valence-corrected chi connectivity index (χ0v) is 11.4. The van der Waals surface area contributed by atoms with Crippen molar-refractivity contribution in [1.29, 1.82) is 0 Å². The monoisotopic (exact) mass is 250 g/mol. The molecule has 0 radical (unpaired) electrons. The van der Waals surface area contributed by atoms with E-state index in [-0.39, 0.29) is 5.91 Å². The fourth-order valence-electron chi connectivity index (χ4n) is 2.50. The van der Waals surface area contributed by atoms with E-state index in [1.807, 2.05) is 17.9 Å². The molecule has 100 valence electrons. The van der Waals surface area contributed by atoms with Gasteiger partial charge in [0.25, 0.3) is 0 Å². The van der Waals surface area contributed by atoms with Gasteiger partial charge in [-0.25, -0.2) is 0 Å². The predicted octanol–water partition coefficient (Wildman–Crippen LogP) is 0.865. The number of hydrogen-bond donors (Lipinski definition) is 1. The normalized spacial score (nSPS) is 18.5. The molecular weight excluding hydrogens is 228 g/mol. The van der Waals surface area contributed by atoms with Gasteiger partial charge in [0, 0.05) is 51.4 Å². The first kappa shape index (κ1) is 13.1. The number of rotatable bonds is 4. The number of amides is 1. The summed E-state index contributed by atoms with van der Waals surface area (Å²) in [7, 11) is 5.58. The molecule has 1 amide bonds. The minimum absolute atomic E-state index is 0.171. The summed E-state index contributed by atoms with van der Waals surface area (Å²) >= 11 is 0. The molecular formula is C13H22N4O. The quantitative estimate of drug-likeness (QED) is 0.862. The average molecular weight is 250 g/mol. The number of aryl methyl sites for hydroxylation is 1. The fraction of sp³-hybridized carbons (Fsp3) is 0.692. The van der Waals surface area contributed by atoms with Crippen molar-refractivity contribution in [2.45, 2.75) is 31.7 Å². The van der Waals surface area contributed by atoms with Crippen molar-refractivity contribution in [2.75, 3.05) is 20.6 Å². The first-order valence-corrected chi connectivity index (χ1v) is 6.54. The lowest BCUT2D eigenvalue weighted by Gasteiger charge is -2.24. The van der Waals surface area contributed by atoms with Gasteiger partial charge in [-0.1, -0.05) is 0 Å². The molecule has 5 heteroatoms. The highest BCUT2D eigenvalue weighted by molar-refractivity contribution is 5.75. The molecule has 5 nitrogen and oxygen atoms in total. The lowest BCUT2D eigenvalue weighted by atomic mass is 9.93. The molecule has 1 aromatic heterocycles. The van der Waals surface area contributed by atoms with E-state index >= 15 is 0 Å². The van der Waals surface area contributed by atoms with Gasteiger partial charge in [0.15, 0.2) is 0 Å². The van der Waals surface area contributed by atoms with Gasteiger partial charge in [0.2, 0.25) is 5.91 Å². The fourth-order valence-corrected chi connectivity index (χ4v) is 2.50. The second-order valence-corrected chi connectivity index (χ2v) is 5.11. The second-order valence-electron chi connectivity index (χ2n) is 5.11. The van der Waals surface area contributed by atoms with Gasteiger partial charge in [0.05, 0.1) is 6.20 Å². The zero-order chi connectivity index (χ0) is 13.1. The molecule has 0 aliphatic heterocycles. The Hall–Kier alpha value is -1.36. The lowest BCUT2D eigenvalue weighted by Crippen LogP contribution is -2.30.